The summed E-state index contributed by atoms with van der Waals surface area (Å²) < 4.78 is 57.5. The van der Waals surface area contributed by atoms with Gasteiger partial charge in [0.2, 0.25) is 0 Å². The standard InChI is InChI=1S/C21H42N2.CHF3O3S/c1-4-5-6-7-8-9-10-11-12-13-14-15-16-17-18-23-20-19-22(3)21(23)2;2-1(3,4)8(5,6)7/h19-21H,4-18H2,1-3H3;(H,5,6,7). The van der Waals surface area contributed by atoms with E-state index < -0.39 is 15.6 Å². The van der Waals surface area contributed by atoms with Gasteiger partial charge in [-0.15, -0.1) is 0 Å². The molecule has 0 fully saturated rings. The van der Waals surface area contributed by atoms with Crippen LogP contribution in [0.3, 0.4) is 0 Å². The van der Waals surface area contributed by atoms with Gasteiger partial charge in [0.25, 0.3) is 0 Å². The summed E-state index contributed by atoms with van der Waals surface area (Å²) in [6, 6.07) is 0. The first-order valence-corrected chi connectivity index (χ1v) is 13.1. The van der Waals surface area contributed by atoms with Crippen molar-refractivity contribution in [3.05, 3.63) is 12.4 Å². The molecule has 186 valence electrons. The molecular formula is C22H43F3N2O3S. The van der Waals surface area contributed by atoms with E-state index in [-0.39, 0.29) is 0 Å². The molecule has 1 aliphatic rings. The quantitative estimate of drug-likeness (QED) is 0.159. The Morgan fingerprint density at radius 3 is 1.45 bits per heavy atom. The fraction of sp³-hybridized carbons (Fsp3) is 0.909. The Hall–Kier alpha value is -0.960. The molecule has 1 unspecified atom stereocenters. The monoisotopic (exact) mass is 472 g/mol. The van der Waals surface area contributed by atoms with E-state index in [0.29, 0.717) is 6.17 Å². The average Bonchev–Trinajstić information content (AvgIpc) is 2.99. The third-order valence-electron chi connectivity index (χ3n) is 5.63. The summed E-state index contributed by atoms with van der Waals surface area (Å²) in [5, 5.41) is 0. The summed E-state index contributed by atoms with van der Waals surface area (Å²) >= 11 is 0. The molecule has 0 spiro atoms. The lowest BCUT2D eigenvalue weighted by Crippen LogP contribution is -2.34. The number of hydrogen-bond donors (Lipinski definition) is 1. The van der Waals surface area contributed by atoms with Gasteiger partial charge in [0.15, 0.2) is 0 Å². The van der Waals surface area contributed by atoms with E-state index >= 15 is 0 Å². The summed E-state index contributed by atoms with van der Waals surface area (Å²) in [6.45, 7) is 5.80. The van der Waals surface area contributed by atoms with E-state index in [9.17, 15) is 13.2 Å². The molecule has 1 N–H and O–H groups in total. The Morgan fingerprint density at radius 1 is 0.806 bits per heavy atom. The summed E-state index contributed by atoms with van der Waals surface area (Å²) in [5.74, 6) is 0. The molecule has 0 aromatic rings. The maximum atomic E-state index is 10.7. The molecule has 1 rings (SSSR count). The summed E-state index contributed by atoms with van der Waals surface area (Å²) in [7, 11) is -3.68. The molecule has 0 radical (unpaired) electrons. The zero-order chi connectivity index (χ0) is 23.8. The predicted molar refractivity (Wildman–Crippen MR) is 121 cm³/mol. The molecule has 31 heavy (non-hydrogen) atoms. The Bertz CT molecular complexity index is 569. The highest BCUT2D eigenvalue weighted by Gasteiger charge is 2.44. The van der Waals surface area contributed by atoms with Crippen LogP contribution in [-0.2, 0) is 10.1 Å². The fourth-order valence-electron chi connectivity index (χ4n) is 3.42. The van der Waals surface area contributed by atoms with Crippen LogP contribution in [0.5, 0.6) is 0 Å². The molecule has 1 aliphatic heterocycles. The lowest BCUT2D eigenvalue weighted by molar-refractivity contribution is -0.0510. The van der Waals surface area contributed by atoms with Crippen molar-refractivity contribution in [3.8, 4) is 0 Å². The second-order valence-corrected chi connectivity index (χ2v) is 9.76. The fourth-order valence-corrected chi connectivity index (χ4v) is 3.42. The normalized spacial score (nSPS) is 16.5. The Balaban J connectivity index is 0.000000954. The first kappa shape index (κ1) is 30.0. The smallest absolute Gasteiger partial charge is 0.359 e. The zero-order valence-electron chi connectivity index (χ0n) is 19.5. The number of hydrogen-bond acceptors (Lipinski definition) is 4. The van der Waals surface area contributed by atoms with Crippen molar-refractivity contribution in [2.45, 2.75) is 115 Å². The highest BCUT2D eigenvalue weighted by atomic mass is 32.2. The second-order valence-electron chi connectivity index (χ2n) is 8.35. The van der Waals surface area contributed by atoms with Gasteiger partial charge in [0.1, 0.15) is 0 Å². The van der Waals surface area contributed by atoms with Crippen LogP contribution in [0.15, 0.2) is 12.4 Å². The maximum absolute atomic E-state index is 10.7. The van der Waals surface area contributed by atoms with Crippen LogP contribution >= 0.6 is 0 Å². The number of alkyl halides is 3. The van der Waals surface area contributed by atoms with E-state index in [2.05, 4.69) is 43.1 Å². The number of halogens is 3. The highest BCUT2D eigenvalue weighted by molar-refractivity contribution is 7.86. The third-order valence-corrected chi connectivity index (χ3v) is 6.21. The number of nitrogens with zero attached hydrogens (tertiary/aromatic N) is 2. The molecule has 1 atom stereocenters. The van der Waals surface area contributed by atoms with Gasteiger partial charge in [-0.25, -0.2) is 0 Å². The minimum atomic E-state index is -5.84. The van der Waals surface area contributed by atoms with E-state index in [0.717, 1.165) is 0 Å². The number of rotatable bonds is 15. The molecule has 1 heterocycles. The molecule has 0 aliphatic carbocycles. The van der Waals surface area contributed by atoms with Crippen LogP contribution in [0.2, 0.25) is 0 Å². The van der Waals surface area contributed by atoms with E-state index in [4.69, 9.17) is 13.0 Å². The SMILES string of the molecule is CCCCCCCCCCCCCCCCN1C=CN(C)C1C.O=S(=O)(O)C(F)(F)F. The Labute approximate surface area is 187 Å². The maximum Gasteiger partial charge on any atom is 0.522 e. The molecule has 0 amide bonds. The van der Waals surface area contributed by atoms with Crippen LogP contribution in [0, 0.1) is 0 Å². The third kappa shape index (κ3) is 15.5. The molecule has 9 heteroatoms. The van der Waals surface area contributed by atoms with Gasteiger partial charge in [0.05, 0.1) is 6.17 Å². The van der Waals surface area contributed by atoms with Gasteiger partial charge < -0.3 is 9.80 Å². The average molecular weight is 473 g/mol. The summed E-state index contributed by atoms with van der Waals surface area (Å²) in [5.41, 5.74) is -5.53. The van der Waals surface area contributed by atoms with Crippen molar-refractivity contribution < 1.29 is 26.1 Å². The van der Waals surface area contributed by atoms with Crippen molar-refractivity contribution in [3.63, 3.8) is 0 Å². The van der Waals surface area contributed by atoms with Crippen LogP contribution < -0.4 is 0 Å². The van der Waals surface area contributed by atoms with Crippen LogP contribution in [0.25, 0.3) is 0 Å². The number of unbranched alkanes of at least 4 members (excludes halogenated alkanes) is 13. The molecule has 0 saturated heterocycles. The predicted octanol–water partition coefficient (Wildman–Crippen LogP) is 6.93. The van der Waals surface area contributed by atoms with Gasteiger partial charge in [-0.1, -0.05) is 90.4 Å². The first-order chi connectivity index (χ1) is 14.5. The van der Waals surface area contributed by atoms with Gasteiger partial charge in [0, 0.05) is 26.0 Å². The van der Waals surface area contributed by atoms with E-state index in [1.807, 2.05) is 0 Å². The molecule has 0 saturated carbocycles. The Kier molecular flexibility index (Phi) is 16.1. The van der Waals surface area contributed by atoms with Crippen molar-refractivity contribution in [2.24, 2.45) is 0 Å². The Morgan fingerprint density at radius 2 is 1.16 bits per heavy atom. The minimum Gasteiger partial charge on any atom is -0.359 e. The van der Waals surface area contributed by atoms with Gasteiger partial charge in [-0.3, -0.25) is 4.55 Å². The molecule has 5 nitrogen and oxygen atoms in total. The van der Waals surface area contributed by atoms with E-state index in [1.54, 1.807) is 0 Å². The second kappa shape index (κ2) is 16.6. The first-order valence-electron chi connectivity index (χ1n) is 11.7. The summed E-state index contributed by atoms with van der Waals surface area (Å²) in [6.07, 6.45) is 25.1. The lowest BCUT2D eigenvalue weighted by atomic mass is 10.0. The zero-order valence-corrected chi connectivity index (χ0v) is 20.4. The molecule has 0 aromatic heterocycles. The van der Waals surface area contributed by atoms with Crippen molar-refractivity contribution in [1.82, 2.24) is 9.80 Å². The molecular weight excluding hydrogens is 429 g/mol. The van der Waals surface area contributed by atoms with Crippen molar-refractivity contribution in [1.29, 1.82) is 0 Å². The largest absolute Gasteiger partial charge is 0.522 e. The molecule has 0 aromatic carbocycles. The van der Waals surface area contributed by atoms with Gasteiger partial charge >= 0.3 is 15.6 Å². The van der Waals surface area contributed by atoms with Gasteiger partial charge in [-0.2, -0.15) is 21.6 Å². The molecule has 0 bridgehead atoms. The van der Waals surface area contributed by atoms with E-state index in [1.165, 1.54) is 96.4 Å². The van der Waals surface area contributed by atoms with Gasteiger partial charge in [-0.05, 0) is 13.3 Å². The van der Waals surface area contributed by atoms with Crippen LogP contribution in [-0.4, -0.2) is 48.0 Å². The van der Waals surface area contributed by atoms with Crippen molar-refractivity contribution >= 4 is 10.1 Å². The topological polar surface area (TPSA) is 60.9 Å². The lowest BCUT2D eigenvalue weighted by Gasteiger charge is -2.26. The summed E-state index contributed by atoms with van der Waals surface area (Å²) in [4.78, 5) is 4.74. The minimum absolute atomic E-state index is 0.553. The van der Waals surface area contributed by atoms with Crippen molar-refractivity contribution in [2.75, 3.05) is 13.6 Å². The highest BCUT2D eigenvalue weighted by Crippen LogP contribution is 2.20. The van der Waals surface area contributed by atoms with Crippen LogP contribution in [0.4, 0.5) is 13.2 Å². The van der Waals surface area contributed by atoms with Crippen LogP contribution in [0.1, 0.15) is 104 Å².